The quantitative estimate of drug-likeness (QED) is 0.840. The first-order valence-corrected chi connectivity index (χ1v) is 5.54. The summed E-state index contributed by atoms with van der Waals surface area (Å²) in [6.07, 6.45) is 1.07. The highest BCUT2D eigenvalue weighted by Gasteiger charge is 2.14. The van der Waals surface area contributed by atoms with E-state index in [4.69, 9.17) is 11.6 Å². The van der Waals surface area contributed by atoms with Gasteiger partial charge in [-0.25, -0.2) is 4.39 Å². The van der Waals surface area contributed by atoms with Crippen LogP contribution in [0.4, 0.5) is 4.39 Å². The Hall–Kier alpha value is -0.600. The molecule has 0 amide bonds. The van der Waals surface area contributed by atoms with Crippen LogP contribution in [0.2, 0.25) is 5.02 Å². The number of aliphatic hydroxyl groups is 1. The highest BCUT2D eigenvalue weighted by molar-refractivity contribution is 6.31. The zero-order valence-electron chi connectivity index (χ0n) is 9.00. The molecule has 0 bridgehead atoms. The van der Waals surface area contributed by atoms with Crippen LogP contribution in [0.5, 0.6) is 0 Å². The molecule has 0 spiro atoms. The Morgan fingerprint density at radius 2 is 2.13 bits per heavy atom. The molecular formula is C12H16ClFO. The fraction of sp³-hybridized carbons (Fsp3) is 0.500. The summed E-state index contributed by atoms with van der Waals surface area (Å²) in [5.74, 6) is -0.189. The van der Waals surface area contributed by atoms with E-state index >= 15 is 0 Å². The molecular weight excluding hydrogens is 215 g/mol. The van der Waals surface area contributed by atoms with Crippen molar-refractivity contribution >= 4 is 11.6 Å². The maximum atomic E-state index is 12.8. The first-order chi connectivity index (χ1) is 7.04. The molecule has 3 heteroatoms. The molecule has 2 unspecified atom stereocenters. The maximum absolute atomic E-state index is 12.8. The molecule has 0 saturated heterocycles. The van der Waals surface area contributed by atoms with Crippen molar-refractivity contribution in [1.29, 1.82) is 0 Å². The molecule has 2 atom stereocenters. The lowest BCUT2D eigenvalue weighted by Gasteiger charge is -2.17. The molecule has 0 fully saturated rings. The van der Waals surface area contributed by atoms with Crippen LogP contribution < -0.4 is 0 Å². The van der Waals surface area contributed by atoms with Gasteiger partial charge in [-0.15, -0.1) is 0 Å². The number of hydrogen-bond acceptors (Lipinski definition) is 1. The van der Waals surface area contributed by atoms with Crippen molar-refractivity contribution in [3.05, 3.63) is 34.6 Å². The van der Waals surface area contributed by atoms with Gasteiger partial charge in [0.15, 0.2) is 0 Å². The first kappa shape index (κ1) is 12.5. The Morgan fingerprint density at radius 3 is 2.67 bits per heavy atom. The molecule has 1 nitrogen and oxygen atoms in total. The second-order valence-electron chi connectivity index (χ2n) is 3.89. The van der Waals surface area contributed by atoms with E-state index in [-0.39, 0.29) is 17.8 Å². The Morgan fingerprint density at radius 1 is 1.47 bits per heavy atom. The van der Waals surface area contributed by atoms with E-state index in [1.807, 2.05) is 13.8 Å². The van der Waals surface area contributed by atoms with Gasteiger partial charge in [-0.2, -0.15) is 0 Å². The third kappa shape index (κ3) is 3.47. The predicted molar refractivity (Wildman–Crippen MR) is 60.6 cm³/mol. The average Bonchev–Trinajstić information content (AvgIpc) is 2.20. The predicted octanol–water partition coefficient (Wildman–Crippen LogP) is 3.43. The topological polar surface area (TPSA) is 20.2 Å². The molecule has 1 aromatic carbocycles. The Balaban J connectivity index is 2.72. The SMILES string of the molecule is CCC(O)C(C)Cc1ccc(F)cc1Cl. The smallest absolute Gasteiger partial charge is 0.124 e. The lowest BCUT2D eigenvalue weighted by atomic mass is 9.94. The molecule has 0 saturated carbocycles. The highest BCUT2D eigenvalue weighted by atomic mass is 35.5. The molecule has 0 heterocycles. The van der Waals surface area contributed by atoms with Crippen molar-refractivity contribution in [2.24, 2.45) is 5.92 Å². The van der Waals surface area contributed by atoms with Gasteiger partial charge in [-0.05, 0) is 36.5 Å². The van der Waals surface area contributed by atoms with Crippen LogP contribution in [0.3, 0.4) is 0 Å². The van der Waals surface area contributed by atoms with Gasteiger partial charge in [0.05, 0.1) is 6.10 Å². The monoisotopic (exact) mass is 230 g/mol. The minimum Gasteiger partial charge on any atom is -0.393 e. The van der Waals surface area contributed by atoms with E-state index < -0.39 is 0 Å². The Labute approximate surface area is 94.9 Å². The molecule has 0 aliphatic heterocycles. The van der Waals surface area contributed by atoms with Gasteiger partial charge in [0.1, 0.15) is 5.82 Å². The van der Waals surface area contributed by atoms with Gasteiger partial charge in [0.2, 0.25) is 0 Å². The normalized spacial score (nSPS) is 15.0. The maximum Gasteiger partial charge on any atom is 0.124 e. The van der Waals surface area contributed by atoms with Gasteiger partial charge in [-0.1, -0.05) is 31.5 Å². The summed E-state index contributed by atoms with van der Waals surface area (Å²) in [5.41, 5.74) is 0.887. The summed E-state index contributed by atoms with van der Waals surface area (Å²) in [7, 11) is 0. The first-order valence-electron chi connectivity index (χ1n) is 5.16. The zero-order valence-corrected chi connectivity index (χ0v) is 9.76. The van der Waals surface area contributed by atoms with Crippen molar-refractivity contribution in [3.8, 4) is 0 Å². The number of benzene rings is 1. The number of rotatable bonds is 4. The van der Waals surface area contributed by atoms with E-state index in [2.05, 4.69) is 0 Å². The van der Waals surface area contributed by atoms with Crippen molar-refractivity contribution in [3.63, 3.8) is 0 Å². The number of aliphatic hydroxyl groups excluding tert-OH is 1. The van der Waals surface area contributed by atoms with E-state index in [9.17, 15) is 9.50 Å². The van der Waals surface area contributed by atoms with Crippen LogP contribution in [0.1, 0.15) is 25.8 Å². The second kappa shape index (κ2) is 5.47. The lowest BCUT2D eigenvalue weighted by molar-refractivity contribution is 0.113. The van der Waals surface area contributed by atoms with Gasteiger partial charge in [0.25, 0.3) is 0 Å². The van der Waals surface area contributed by atoms with E-state index in [0.29, 0.717) is 11.4 Å². The third-order valence-corrected chi connectivity index (χ3v) is 2.98. The Bertz CT molecular complexity index is 327. The fourth-order valence-corrected chi connectivity index (χ4v) is 1.82. The van der Waals surface area contributed by atoms with E-state index in [0.717, 1.165) is 12.0 Å². The molecule has 84 valence electrons. The lowest BCUT2D eigenvalue weighted by Crippen LogP contribution is -2.18. The molecule has 0 aliphatic carbocycles. The van der Waals surface area contributed by atoms with Gasteiger partial charge >= 0.3 is 0 Å². The fourth-order valence-electron chi connectivity index (χ4n) is 1.57. The summed E-state index contributed by atoms with van der Waals surface area (Å²) < 4.78 is 12.8. The second-order valence-corrected chi connectivity index (χ2v) is 4.30. The molecule has 0 radical (unpaired) electrons. The zero-order chi connectivity index (χ0) is 11.4. The van der Waals surface area contributed by atoms with E-state index in [1.165, 1.54) is 12.1 Å². The van der Waals surface area contributed by atoms with Crippen LogP contribution in [-0.4, -0.2) is 11.2 Å². The van der Waals surface area contributed by atoms with Crippen molar-refractivity contribution in [2.45, 2.75) is 32.8 Å². The van der Waals surface area contributed by atoms with Crippen LogP contribution in [0.25, 0.3) is 0 Å². The molecule has 15 heavy (non-hydrogen) atoms. The summed E-state index contributed by atoms with van der Waals surface area (Å²) in [5, 5.41) is 10.1. The summed E-state index contributed by atoms with van der Waals surface area (Å²) in [4.78, 5) is 0. The average molecular weight is 231 g/mol. The minimum atomic E-state index is -0.328. The minimum absolute atomic E-state index is 0.137. The third-order valence-electron chi connectivity index (χ3n) is 2.63. The number of hydrogen-bond donors (Lipinski definition) is 1. The number of halogens is 2. The van der Waals surface area contributed by atoms with Gasteiger partial charge < -0.3 is 5.11 Å². The van der Waals surface area contributed by atoms with Crippen LogP contribution >= 0.6 is 11.6 Å². The van der Waals surface area contributed by atoms with E-state index in [1.54, 1.807) is 6.07 Å². The van der Waals surface area contributed by atoms with Crippen molar-refractivity contribution in [1.82, 2.24) is 0 Å². The summed E-state index contributed by atoms with van der Waals surface area (Å²) >= 11 is 5.90. The van der Waals surface area contributed by atoms with Crippen molar-refractivity contribution in [2.75, 3.05) is 0 Å². The summed E-state index contributed by atoms with van der Waals surface area (Å²) in [6, 6.07) is 4.38. The van der Waals surface area contributed by atoms with Crippen LogP contribution in [0.15, 0.2) is 18.2 Å². The van der Waals surface area contributed by atoms with Crippen LogP contribution in [0, 0.1) is 11.7 Å². The van der Waals surface area contributed by atoms with Gasteiger partial charge in [-0.3, -0.25) is 0 Å². The van der Waals surface area contributed by atoms with Gasteiger partial charge in [0, 0.05) is 5.02 Å². The molecule has 0 aliphatic rings. The highest BCUT2D eigenvalue weighted by Crippen LogP contribution is 2.22. The molecule has 1 rings (SSSR count). The van der Waals surface area contributed by atoms with Crippen molar-refractivity contribution < 1.29 is 9.50 Å². The largest absolute Gasteiger partial charge is 0.393 e. The standard InChI is InChI=1S/C12H16ClFO/c1-3-12(15)8(2)6-9-4-5-10(14)7-11(9)13/h4-5,7-8,12,15H,3,6H2,1-2H3. The molecule has 1 aromatic rings. The Kier molecular flexibility index (Phi) is 4.55. The van der Waals surface area contributed by atoms with Crippen LogP contribution in [-0.2, 0) is 6.42 Å². The molecule has 1 N–H and O–H groups in total. The summed E-state index contributed by atoms with van der Waals surface area (Å²) in [6.45, 7) is 3.90. The molecule has 0 aromatic heterocycles.